The van der Waals surface area contributed by atoms with Crippen molar-refractivity contribution in [3.05, 3.63) is 72.6 Å². The second-order valence-electron chi connectivity index (χ2n) is 5.84. The van der Waals surface area contributed by atoms with E-state index in [1.807, 2.05) is 0 Å². The number of para-hydroxylation sites is 1. The first-order valence-corrected chi connectivity index (χ1v) is 7.98. The Labute approximate surface area is 158 Å². The Hall–Kier alpha value is -3.76. The predicted molar refractivity (Wildman–Crippen MR) is 94.3 cm³/mol. The van der Waals surface area contributed by atoms with Crippen molar-refractivity contribution in [3.8, 4) is 0 Å². The maximum atomic E-state index is 12.6. The number of nitro groups is 2. The molecule has 1 aromatic carbocycles. The fourth-order valence-corrected chi connectivity index (χ4v) is 3.04. The summed E-state index contributed by atoms with van der Waals surface area (Å²) >= 11 is 0. The molecule has 11 heteroatoms. The molecule has 0 aliphatic carbocycles. The first kappa shape index (κ1) is 20.6. The molecule has 11 nitrogen and oxygen atoms in total. The number of nitrogens with zero attached hydrogens (tertiary/aromatic N) is 2. The maximum Gasteiger partial charge on any atom is 0.346 e. The molecular weight excluding hydrogens is 374 g/mol. The molecule has 1 aliphatic heterocycles. The topological polar surface area (TPSA) is 151 Å². The lowest BCUT2D eigenvalue weighted by molar-refractivity contribution is -0.518. The molecule has 28 heavy (non-hydrogen) atoms. The summed E-state index contributed by atoms with van der Waals surface area (Å²) in [4.78, 5) is 45.6. The van der Waals surface area contributed by atoms with Gasteiger partial charge in [-0.3, -0.25) is 20.2 Å². The van der Waals surface area contributed by atoms with Gasteiger partial charge in [-0.2, -0.15) is 0 Å². The van der Waals surface area contributed by atoms with Gasteiger partial charge in [0.1, 0.15) is 0 Å². The van der Waals surface area contributed by atoms with Crippen LogP contribution in [-0.4, -0.2) is 35.6 Å². The lowest BCUT2D eigenvalue weighted by Crippen LogP contribution is -2.33. The standard InChI is InChI=1S/C17H17N3O8/c1-9-13(16(21)27-3)15(11-6-4-5-7-12(11)20(25)26)14(10(2)18-9)17(22)28-8-19(23)24/h4-7,15,18H,8H2,1-3H3. The van der Waals surface area contributed by atoms with Crippen LogP contribution in [0.15, 0.2) is 46.8 Å². The van der Waals surface area contributed by atoms with Gasteiger partial charge >= 0.3 is 18.7 Å². The average molecular weight is 391 g/mol. The summed E-state index contributed by atoms with van der Waals surface area (Å²) in [7, 11) is 1.13. The monoisotopic (exact) mass is 391 g/mol. The maximum absolute atomic E-state index is 12.6. The number of hydrogen-bond donors (Lipinski definition) is 1. The molecule has 0 saturated carbocycles. The molecule has 2 rings (SSSR count). The van der Waals surface area contributed by atoms with E-state index in [0.717, 1.165) is 7.11 Å². The smallest absolute Gasteiger partial charge is 0.346 e. The Bertz CT molecular complexity index is 919. The van der Waals surface area contributed by atoms with Crippen LogP contribution >= 0.6 is 0 Å². The normalized spacial score (nSPS) is 16.3. The second-order valence-corrected chi connectivity index (χ2v) is 5.84. The number of hydrogen-bond acceptors (Lipinski definition) is 9. The zero-order valence-electron chi connectivity index (χ0n) is 15.3. The van der Waals surface area contributed by atoms with Gasteiger partial charge in [-0.05, 0) is 13.8 Å². The fraction of sp³-hybridized carbons (Fsp3) is 0.294. The van der Waals surface area contributed by atoms with Gasteiger partial charge in [0.15, 0.2) is 0 Å². The lowest BCUT2D eigenvalue weighted by atomic mass is 9.79. The minimum absolute atomic E-state index is 0.0320. The van der Waals surface area contributed by atoms with Gasteiger partial charge in [-0.1, -0.05) is 18.2 Å². The fourth-order valence-electron chi connectivity index (χ4n) is 3.04. The number of ether oxygens (including phenoxy) is 2. The number of dihydropyridines is 1. The summed E-state index contributed by atoms with van der Waals surface area (Å²) in [5, 5.41) is 24.9. The molecule has 148 valence electrons. The van der Waals surface area contributed by atoms with E-state index in [1.165, 1.54) is 31.2 Å². The third-order valence-corrected chi connectivity index (χ3v) is 4.13. The van der Waals surface area contributed by atoms with Crippen LogP contribution in [0.3, 0.4) is 0 Å². The number of esters is 2. The van der Waals surface area contributed by atoms with E-state index >= 15 is 0 Å². The van der Waals surface area contributed by atoms with Crippen molar-refractivity contribution >= 4 is 17.6 Å². The number of methoxy groups -OCH3 is 1. The molecule has 1 heterocycles. The molecule has 1 unspecified atom stereocenters. The summed E-state index contributed by atoms with van der Waals surface area (Å²) in [6.07, 6.45) is 0. The molecule has 1 atom stereocenters. The molecule has 0 spiro atoms. The van der Waals surface area contributed by atoms with Gasteiger partial charge in [0.25, 0.3) is 5.69 Å². The van der Waals surface area contributed by atoms with E-state index < -0.39 is 34.4 Å². The van der Waals surface area contributed by atoms with Crippen molar-refractivity contribution in [1.82, 2.24) is 5.32 Å². The van der Waals surface area contributed by atoms with E-state index in [2.05, 4.69) is 10.1 Å². The Morgan fingerprint density at radius 3 is 2.18 bits per heavy atom. The largest absolute Gasteiger partial charge is 0.466 e. The Morgan fingerprint density at radius 1 is 1.07 bits per heavy atom. The van der Waals surface area contributed by atoms with Crippen molar-refractivity contribution in [3.63, 3.8) is 0 Å². The third kappa shape index (κ3) is 3.98. The Balaban J connectivity index is 2.71. The van der Waals surface area contributed by atoms with E-state index in [0.29, 0.717) is 5.70 Å². The van der Waals surface area contributed by atoms with Gasteiger partial charge in [-0.15, -0.1) is 0 Å². The van der Waals surface area contributed by atoms with Gasteiger partial charge in [0, 0.05) is 23.0 Å². The molecular formula is C17H17N3O8. The van der Waals surface area contributed by atoms with Crippen LogP contribution in [0, 0.1) is 20.2 Å². The van der Waals surface area contributed by atoms with Gasteiger partial charge in [0.2, 0.25) is 0 Å². The highest BCUT2D eigenvalue weighted by atomic mass is 16.7. The highest BCUT2D eigenvalue weighted by Gasteiger charge is 2.40. The summed E-state index contributed by atoms with van der Waals surface area (Å²) in [6, 6.07) is 5.59. The first-order valence-electron chi connectivity index (χ1n) is 7.98. The zero-order chi connectivity index (χ0) is 21.0. The highest BCUT2D eigenvalue weighted by Crippen LogP contribution is 2.42. The van der Waals surface area contributed by atoms with Gasteiger partial charge in [-0.25, -0.2) is 9.59 Å². The molecule has 0 saturated heterocycles. The van der Waals surface area contributed by atoms with Crippen LogP contribution in [0.5, 0.6) is 0 Å². The summed E-state index contributed by atoms with van der Waals surface area (Å²) in [6.45, 7) is 1.97. The zero-order valence-corrected chi connectivity index (χ0v) is 15.3. The van der Waals surface area contributed by atoms with E-state index in [1.54, 1.807) is 6.92 Å². The molecule has 0 radical (unpaired) electrons. The summed E-state index contributed by atoms with van der Waals surface area (Å²) in [5.74, 6) is -3.08. The van der Waals surface area contributed by atoms with Crippen LogP contribution < -0.4 is 5.32 Å². The summed E-state index contributed by atoms with van der Waals surface area (Å²) < 4.78 is 9.47. The van der Waals surface area contributed by atoms with Crippen molar-refractivity contribution in [2.45, 2.75) is 19.8 Å². The molecule has 1 aromatic rings. The van der Waals surface area contributed by atoms with Crippen molar-refractivity contribution in [2.24, 2.45) is 0 Å². The predicted octanol–water partition coefficient (Wildman–Crippen LogP) is 1.78. The number of benzene rings is 1. The number of nitrogens with one attached hydrogen (secondary N) is 1. The average Bonchev–Trinajstić information content (AvgIpc) is 2.64. The Kier molecular flexibility index (Phi) is 6.08. The molecule has 0 amide bonds. The number of allylic oxidation sites excluding steroid dienone is 2. The van der Waals surface area contributed by atoms with E-state index in [9.17, 15) is 29.8 Å². The minimum Gasteiger partial charge on any atom is -0.466 e. The van der Waals surface area contributed by atoms with Crippen molar-refractivity contribution in [2.75, 3.05) is 13.8 Å². The molecule has 1 N–H and O–H groups in total. The van der Waals surface area contributed by atoms with Gasteiger partial charge in [0.05, 0.1) is 34.0 Å². The third-order valence-electron chi connectivity index (χ3n) is 4.13. The second kappa shape index (κ2) is 8.29. The van der Waals surface area contributed by atoms with Crippen LogP contribution in [-0.2, 0) is 19.1 Å². The van der Waals surface area contributed by atoms with Gasteiger partial charge < -0.3 is 14.8 Å². The van der Waals surface area contributed by atoms with Crippen LogP contribution in [0.25, 0.3) is 0 Å². The molecule has 0 fully saturated rings. The highest BCUT2D eigenvalue weighted by molar-refractivity contribution is 6.00. The molecule has 1 aliphatic rings. The van der Waals surface area contributed by atoms with Crippen LogP contribution in [0.4, 0.5) is 5.69 Å². The molecule has 0 aromatic heterocycles. The van der Waals surface area contributed by atoms with Crippen molar-refractivity contribution < 1.29 is 28.9 Å². The number of nitro benzene ring substituents is 1. The van der Waals surface area contributed by atoms with Crippen molar-refractivity contribution in [1.29, 1.82) is 0 Å². The lowest BCUT2D eigenvalue weighted by Gasteiger charge is -2.29. The first-order chi connectivity index (χ1) is 13.2. The molecule has 0 bridgehead atoms. The number of rotatable bonds is 6. The minimum atomic E-state index is -1.20. The van der Waals surface area contributed by atoms with Crippen LogP contribution in [0.1, 0.15) is 25.3 Å². The Morgan fingerprint density at radius 2 is 1.64 bits per heavy atom. The number of carbonyl (C=O) groups excluding carboxylic acids is 2. The van der Waals surface area contributed by atoms with Crippen LogP contribution in [0.2, 0.25) is 0 Å². The van der Waals surface area contributed by atoms with E-state index in [4.69, 9.17) is 4.74 Å². The SMILES string of the molecule is COC(=O)C1=C(C)NC(C)=C(C(=O)OC[N+](=O)[O-])C1c1ccccc1[N+](=O)[O-]. The van der Waals surface area contributed by atoms with E-state index in [-0.39, 0.29) is 28.1 Å². The summed E-state index contributed by atoms with van der Waals surface area (Å²) in [5.41, 5.74) is 0.134. The quantitative estimate of drug-likeness (QED) is 0.331. The number of carbonyl (C=O) groups is 2.